The van der Waals surface area contributed by atoms with Crippen molar-refractivity contribution in [3.63, 3.8) is 0 Å². The van der Waals surface area contributed by atoms with E-state index in [9.17, 15) is 4.79 Å². The van der Waals surface area contributed by atoms with Crippen molar-refractivity contribution >= 4 is 18.3 Å². The van der Waals surface area contributed by atoms with Gasteiger partial charge in [0, 0.05) is 13.1 Å². The van der Waals surface area contributed by atoms with Gasteiger partial charge in [-0.1, -0.05) is 6.92 Å². The Balaban J connectivity index is 0.00000128. The summed E-state index contributed by atoms with van der Waals surface area (Å²) in [6.45, 7) is 4.59. The van der Waals surface area contributed by atoms with Crippen LogP contribution in [0.25, 0.3) is 0 Å². The van der Waals surface area contributed by atoms with Gasteiger partial charge in [-0.15, -0.1) is 12.4 Å². The second-order valence-corrected chi connectivity index (χ2v) is 4.36. The molecular formula is C11H21ClN2O2. The van der Waals surface area contributed by atoms with E-state index >= 15 is 0 Å². The molecule has 0 aliphatic carbocycles. The summed E-state index contributed by atoms with van der Waals surface area (Å²) in [5, 5.41) is 6.15. The molecular weight excluding hydrogens is 228 g/mol. The Morgan fingerprint density at radius 1 is 1.38 bits per heavy atom. The van der Waals surface area contributed by atoms with E-state index in [2.05, 4.69) is 17.6 Å². The van der Waals surface area contributed by atoms with Crippen LogP contribution in [0.3, 0.4) is 0 Å². The topological polar surface area (TPSA) is 50.4 Å². The minimum Gasteiger partial charge on any atom is -0.374 e. The molecule has 2 aliphatic heterocycles. The molecule has 3 unspecified atom stereocenters. The van der Waals surface area contributed by atoms with Crippen molar-refractivity contribution in [1.29, 1.82) is 0 Å². The summed E-state index contributed by atoms with van der Waals surface area (Å²) >= 11 is 0. The fraction of sp³-hybridized carbons (Fsp3) is 0.909. The molecule has 5 heteroatoms. The van der Waals surface area contributed by atoms with Gasteiger partial charge in [-0.2, -0.15) is 0 Å². The lowest BCUT2D eigenvalue weighted by atomic mass is 9.88. The van der Waals surface area contributed by atoms with Gasteiger partial charge in [-0.3, -0.25) is 4.79 Å². The van der Waals surface area contributed by atoms with Crippen LogP contribution in [0.2, 0.25) is 0 Å². The Morgan fingerprint density at radius 2 is 2.19 bits per heavy atom. The van der Waals surface area contributed by atoms with E-state index in [-0.39, 0.29) is 30.3 Å². The first-order valence-electron chi connectivity index (χ1n) is 5.95. The maximum Gasteiger partial charge on any atom is 0.225 e. The number of ether oxygens (including phenoxy) is 1. The molecule has 0 saturated carbocycles. The first kappa shape index (κ1) is 13.7. The van der Waals surface area contributed by atoms with Crippen molar-refractivity contribution in [1.82, 2.24) is 10.6 Å². The van der Waals surface area contributed by atoms with E-state index in [1.807, 2.05) is 0 Å². The highest BCUT2D eigenvalue weighted by Gasteiger charge is 2.44. The third kappa shape index (κ3) is 3.09. The lowest BCUT2D eigenvalue weighted by Gasteiger charge is -2.17. The highest BCUT2D eigenvalue weighted by Crippen LogP contribution is 2.38. The first-order valence-corrected chi connectivity index (χ1v) is 5.95. The largest absolute Gasteiger partial charge is 0.374 e. The lowest BCUT2D eigenvalue weighted by Crippen LogP contribution is -2.39. The fourth-order valence-electron chi connectivity index (χ4n) is 2.50. The van der Waals surface area contributed by atoms with Gasteiger partial charge in [0.25, 0.3) is 0 Å². The molecule has 2 saturated heterocycles. The van der Waals surface area contributed by atoms with Crippen LogP contribution in [0.4, 0.5) is 0 Å². The highest BCUT2D eigenvalue weighted by molar-refractivity contribution is 5.85. The Morgan fingerprint density at radius 3 is 2.75 bits per heavy atom. The minimum absolute atomic E-state index is 0. The average molecular weight is 249 g/mol. The SMILES string of the molecule is CCNCCNC(=O)C1CC2CCC1O2.Cl. The second kappa shape index (κ2) is 6.42. The van der Waals surface area contributed by atoms with E-state index in [0.717, 1.165) is 38.9 Å². The number of fused-ring (bicyclic) bond motifs is 2. The van der Waals surface area contributed by atoms with Crippen molar-refractivity contribution in [2.24, 2.45) is 5.92 Å². The zero-order valence-electron chi connectivity index (χ0n) is 9.70. The molecule has 4 nitrogen and oxygen atoms in total. The van der Waals surface area contributed by atoms with Crippen LogP contribution in [-0.2, 0) is 9.53 Å². The predicted octanol–water partition coefficient (Wildman–Crippen LogP) is 0.701. The Kier molecular flexibility index (Phi) is 5.52. The smallest absolute Gasteiger partial charge is 0.225 e. The van der Waals surface area contributed by atoms with Crippen molar-refractivity contribution in [3.8, 4) is 0 Å². The molecule has 2 bridgehead atoms. The monoisotopic (exact) mass is 248 g/mol. The average Bonchev–Trinajstić information content (AvgIpc) is 2.85. The van der Waals surface area contributed by atoms with Gasteiger partial charge in [0.2, 0.25) is 5.91 Å². The van der Waals surface area contributed by atoms with Crippen LogP contribution in [0.5, 0.6) is 0 Å². The summed E-state index contributed by atoms with van der Waals surface area (Å²) < 4.78 is 5.66. The van der Waals surface area contributed by atoms with Crippen LogP contribution in [0.1, 0.15) is 26.2 Å². The summed E-state index contributed by atoms with van der Waals surface area (Å²) in [4.78, 5) is 11.8. The van der Waals surface area contributed by atoms with Gasteiger partial charge in [0.1, 0.15) is 0 Å². The number of halogens is 1. The Hall–Kier alpha value is -0.320. The van der Waals surface area contributed by atoms with Gasteiger partial charge in [-0.25, -0.2) is 0 Å². The molecule has 2 aliphatic rings. The van der Waals surface area contributed by atoms with Gasteiger partial charge in [0.15, 0.2) is 0 Å². The summed E-state index contributed by atoms with van der Waals surface area (Å²) in [5.74, 6) is 0.297. The third-order valence-electron chi connectivity index (χ3n) is 3.29. The number of carbonyl (C=O) groups excluding carboxylic acids is 1. The molecule has 2 N–H and O–H groups in total. The van der Waals surface area contributed by atoms with E-state index in [1.165, 1.54) is 0 Å². The molecule has 2 heterocycles. The number of hydrogen-bond acceptors (Lipinski definition) is 3. The van der Waals surface area contributed by atoms with E-state index < -0.39 is 0 Å². The standard InChI is InChI=1S/C11H20N2O2.ClH/c1-2-12-5-6-13-11(14)9-7-8-3-4-10(9)15-8;/h8-10,12H,2-7H2,1H3,(H,13,14);1H. The molecule has 1 amide bonds. The third-order valence-corrected chi connectivity index (χ3v) is 3.29. The molecule has 94 valence electrons. The summed E-state index contributed by atoms with van der Waals surface area (Å²) in [7, 11) is 0. The second-order valence-electron chi connectivity index (χ2n) is 4.36. The van der Waals surface area contributed by atoms with Crippen LogP contribution in [0, 0.1) is 5.92 Å². The first-order chi connectivity index (χ1) is 7.31. The molecule has 0 spiro atoms. The Labute approximate surface area is 103 Å². The van der Waals surface area contributed by atoms with Gasteiger partial charge in [-0.05, 0) is 25.8 Å². The molecule has 2 rings (SSSR count). The summed E-state index contributed by atoms with van der Waals surface area (Å²) in [6, 6.07) is 0. The van der Waals surface area contributed by atoms with Crippen LogP contribution in [-0.4, -0.2) is 37.7 Å². The van der Waals surface area contributed by atoms with Crippen molar-refractivity contribution in [3.05, 3.63) is 0 Å². The van der Waals surface area contributed by atoms with Gasteiger partial charge < -0.3 is 15.4 Å². The fourth-order valence-corrected chi connectivity index (χ4v) is 2.50. The number of carbonyl (C=O) groups is 1. The van der Waals surface area contributed by atoms with Crippen LogP contribution >= 0.6 is 12.4 Å². The minimum atomic E-state index is 0. The molecule has 0 radical (unpaired) electrons. The van der Waals surface area contributed by atoms with Crippen LogP contribution < -0.4 is 10.6 Å². The molecule has 16 heavy (non-hydrogen) atoms. The van der Waals surface area contributed by atoms with E-state index in [0.29, 0.717) is 6.10 Å². The van der Waals surface area contributed by atoms with Gasteiger partial charge in [0.05, 0.1) is 18.1 Å². The zero-order valence-corrected chi connectivity index (χ0v) is 10.5. The quantitative estimate of drug-likeness (QED) is 0.705. The number of rotatable bonds is 5. The predicted molar refractivity (Wildman–Crippen MR) is 64.8 cm³/mol. The van der Waals surface area contributed by atoms with Crippen LogP contribution in [0.15, 0.2) is 0 Å². The maximum absolute atomic E-state index is 11.8. The van der Waals surface area contributed by atoms with Crippen molar-refractivity contribution < 1.29 is 9.53 Å². The molecule has 3 atom stereocenters. The number of likely N-dealkylation sites (N-methyl/N-ethyl adjacent to an activating group) is 1. The molecule has 0 aromatic carbocycles. The molecule has 0 aromatic rings. The number of hydrogen-bond donors (Lipinski definition) is 2. The number of nitrogens with one attached hydrogen (secondary N) is 2. The van der Waals surface area contributed by atoms with E-state index in [4.69, 9.17) is 4.74 Å². The Bertz CT molecular complexity index is 238. The lowest BCUT2D eigenvalue weighted by molar-refractivity contribution is -0.126. The normalized spacial score (nSPS) is 31.2. The molecule has 0 aromatic heterocycles. The highest BCUT2D eigenvalue weighted by atomic mass is 35.5. The van der Waals surface area contributed by atoms with Gasteiger partial charge >= 0.3 is 0 Å². The van der Waals surface area contributed by atoms with E-state index in [1.54, 1.807) is 0 Å². The maximum atomic E-state index is 11.8. The zero-order chi connectivity index (χ0) is 10.7. The van der Waals surface area contributed by atoms with Crippen molar-refractivity contribution in [2.75, 3.05) is 19.6 Å². The van der Waals surface area contributed by atoms with Crippen molar-refractivity contribution in [2.45, 2.75) is 38.4 Å². The number of amides is 1. The summed E-state index contributed by atoms with van der Waals surface area (Å²) in [6.07, 6.45) is 3.70. The summed E-state index contributed by atoms with van der Waals surface area (Å²) in [5.41, 5.74) is 0. The molecule has 2 fully saturated rings.